The van der Waals surface area contributed by atoms with E-state index in [9.17, 15) is 14.7 Å². The number of ether oxygens (including phenoxy) is 2. The third-order valence-corrected chi connectivity index (χ3v) is 3.74. The highest BCUT2D eigenvalue weighted by molar-refractivity contribution is 5.95. The summed E-state index contributed by atoms with van der Waals surface area (Å²) in [6.07, 6.45) is 6.49. The molecule has 6 heteroatoms. The Hall–Kier alpha value is -3.54. The van der Waals surface area contributed by atoms with Crippen LogP contribution in [0.5, 0.6) is 11.5 Å². The van der Waals surface area contributed by atoms with Gasteiger partial charge in [-0.2, -0.15) is 0 Å². The van der Waals surface area contributed by atoms with Crippen molar-refractivity contribution in [1.82, 2.24) is 0 Å². The molecule has 0 radical (unpaired) electrons. The van der Waals surface area contributed by atoms with E-state index in [1.165, 1.54) is 18.2 Å². The molecule has 1 aliphatic carbocycles. The number of hydrogen-bond donors (Lipinski definition) is 2. The predicted molar refractivity (Wildman–Crippen MR) is 96.5 cm³/mol. The van der Waals surface area contributed by atoms with Crippen molar-refractivity contribution in [3.63, 3.8) is 0 Å². The van der Waals surface area contributed by atoms with Crippen LogP contribution < -0.4 is 10.5 Å². The number of anilines is 1. The van der Waals surface area contributed by atoms with E-state index in [0.717, 1.165) is 12.0 Å². The predicted octanol–water partition coefficient (Wildman–Crippen LogP) is 3.80. The first-order chi connectivity index (χ1) is 12.5. The van der Waals surface area contributed by atoms with Crippen LogP contribution in [-0.2, 0) is 4.74 Å². The van der Waals surface area contributed by atoms with Crippen LogP contribution in [0, 0.1) is 0 Å². The van der Waals surface area contributed by atoms with Crippen molar-refractivity contribution in [3.05, 3.63) is 77.4 Å². The van der Waals surface area contributed by atoms with Gasteiger partial charge in [0.25, 0.3) is 0 Å². The number of hydrogen-bond acceptors (Lipinski definition) is 5. The quantitative estimate of drug-likeness (QED) is 0.607. The van der Waals surface area contributed by atoms with Gasteiger partial charge in [-0.25, -0.2) is 9.59 Å². The highest BCUT2D eigenvalue weighted by atomic mass is 16.5. The molecule has 0 fully saturated rings. The van der Waals surface area contributed by atoms with Crippen LogP contribution in [0.4, 0.5) is 5.69 Å². The number of carbonyl (C=O) groups is 2. The lowest BCUT2D eigenvalue weighted by Gasteiger charge is -2.10. The summed E-state index contributed by atoms with van der Waals surface area (Å²) >= 11 is 0. The van der Waals surface area contributed by atoms with Gasteiger partial charge < -0.3 is 20.3 Å². The third kappa shape index (κ3) is 4.30. The Labute approximate surface area is 150 Å². The Balaban J connectivity index is 1.79. The van der Waals surface area contributed by atoms with E-state index < -0.39 is 11.9 Å². The standard InChI is InChI=1S/C20H17NO5/c21-16-5-7-17(8-6-16)26-18-10-14(19(22)23)9-15(11-18)20(24)25-12-13-3-1-2-4-13/h1-3,5-11H,4,12,21H2,(H,22,23). The Morgan fingerprint density at radius 2 is 1.77 bits per heavy atom. The van der Waals surface area contributed by atoms with Crippen molar-refractivity contribution in [2.45, 2.75) is 6.42 Å². The van der Waals surface area contributed by atoms with Crippen LogP contribution in [0.2, 0.25) is 0 Å². The Morgan fingerprint density at radius 3 is 2.42 bits per heavy atom. The topological polar surface area (TPSA) is 98.9 Å². The lowest BCUT2D eigenvalue weighted by atomic mass is 10.1. The van der Waals surface area contributed by atoms with Crippen molar-refractivity contribution in [3.8, 4) is 11.5 Å². The van der Waals surface area contributed by atoms with E-state index in [1.807, 2.05) is 18.2 Å². The summed E-state index contributed by atoms with van der Waals surface area (Å²) in [6.45, 7) is 0.164. The fraction of sp³-hybridized carbons (Fsp3) is 0.100. The monoisotopic (exact) mass is 351 g/mol. The molecule has 3 N–H and O–H groups in total. The molecule has 6 nitrogen and oxygen atoms in total. The van der Waals surface area contributed by atoms with Gasteiger partial charge in [-0.15, -0.1) is 0 Å². The number of esters is 1. The second kappa shape index (κ2) is 7.57. The zero-order chi connectivity index (χ0) is 18.5. The normalized spacial score (nSPS) is 12.5. The van der Waals surface area contributed by atoms with Crippen molar-refractivity contribution >= 4 is 17.6 Å². The van der Waals surface area contributed by atoms with Crippen LogP contribution in [0.15, 0.2) is 66.3 Å². The van der Waals surface area contributed by atoms with Gasteiger partial charge in [0, 0.05) is 5.69 Å². The lowest BCUT2D eigenvalue weighted by molar-refractivity contribution is 0.0538. The maximum absolute atomic E-state index is 12.3. The number of carbonyl (C=O) groups excluding carboxylic acids is 1. The molecule has 26 heavy (non-hydrogen) atoms. The first-order valence-corrected chi connectivity index (χ1v) is 7.95. The fourth-order valence-corrected chi connectivity index (χ4v) is 2.41. The highest BCUT2D eigenvalue weighted by Gasteiger charge is 2.15. The fourth-order valence-electron chi connectivity index (χ4n) is 2.41. The second-order valence-electron chi connectivity index (χ2n) is 5.76. The van der Waals surface area contributed by atoms with Gasteiger partial charge in [0.2, 0.25) is 0 Å². The average Bonchev–Trinajstić information content (AvgIpc) is 3.15. The van der Waals surface area contributed by atoms with Gasteiger partial charge in [-0.05, 0) is 54.5 Å². The molecule has 0 bridgehead atoms. The summed E-state index contributed by atoms with van der Waals surface area (Å²) < 4.78 is 10.9. The molecule has 3 rings (SSSR count). The van der Waals surface area contributed by atoms with E-state index in [0.29, 0.717) is 11.4 Å². The van der Waals surface area contributed by atoms with Crippen molar-refractivity contribution in [2.24, 2.45) is 0 Å². The van der Waals surface area contributed by atoms with E-state index in [1.54, 1.807) is 24.3 Å². The Kier molecular flexibility index (Phi) is 5.03. The summed E-state index contributed by atoms with van der Waals surface area (Å²) in [7, 11) is 0. The molecule has 1 aliphatic rings. The zero-order valence-electron chi connectivity index (χ0n) is 13.8. The minimum Gasteiger partial charge on any atom is -0.478 e. The molecule has 2 aromatic rings. The highest BCUT2D eigenvalue weighted by Crippen LogP contribution is 2.25. The number of nitrogen functional groups attached to an aromatic ring is 1. The number of benzene rings is 2. The molecular weight excluding hydrogens is 334 g/mol. The summed E-state index contributed by atoms with van der Waals surface area (Å²) in [5.41, 5.74) is 7.24. The van der Waals surface area contributed by atoms with Crippen LogP contribution in [0.25, 0.3) is 0 Å². The number of carboxylic acid groups (broad SMARTS) is 1. The molecule has 0 aliphatic heterocycles. The zero-order valence-corrected chi connectivity index (χ0v) is 13.8. The first kappa shape index (κ1) is 17.3. The van der Waals surface area contributed by atoms with Crippen LogP contribution in [-0.4, -0.2) is 23.7 Å². The summed E-state index contributed by atoms with van der Waals surface area (Å²) in [4.78, 5) is 23.6. The largest absolute Gasteiger partial charge is 0.478 e. The van der Waals surface area contributed by atoms with Crippen LogP contribution in [0.1, 0.15) is 27.1 Å². The molecule has 132 valence electrons. The summed E-state index contributed by atoms with van der Waals surface area (Å²) in [5.74, 6) is -1.07. The van der Waals surface area contributed by atoms with E-state index in [-0.39, 0.29) is 23.5 Å². The number of rotatable bonds is 6. The number of carboxylic acids is 1. The van der Waals surface area contributed by atoms with Crippen LogP contribution >= 0.6 is 0 Å². The Morgan fingerprint density at radius 1 is 1.04 bits per heavy atom. The van der Waals surface area contributed by atoms with Crippen molar-refractivity contribution in [1.29, 1.82) is 0 Å². The Bertz CT molecular complexity index is 897. The van der Waals surface area contributed by atoms with E-state index >= 15 is 0 Å². The first-order valence-electron chi connectivity index (χ1n) is 7.95. The molecule has 0 amide bonds. The third-order valence-electron chi connectivity index (χ3n) is 3.74. The summed E-state index contributed by atoms with van der Waals surface area (Å²) in [5, 5.41) is 9.28. The van der Waals surface area contributed by atoms with Gasteiger partial charge in [-0.1, -0.05) is 18.2 Å². The van der Waals surface area contributed by atoms with Gasteiger partial charge in [0.1, 0.15) is 18.1 Å². The second-order valence-corrected chi connectivity index (χ2v) is 5.76. The average molecular weight is 351 g/mol. The molecule has 0 aromatic heterocycles. The maximum atomic E-state index is 12.3. The van der Waals surface area contributed by atoms with E-state index in [4.69, 9.17) is 15.2 Å². The smallest absolute Gasteiger partial charge is 0.338 e. The molecule has 0 unspecified atom stereocenters. The van der Waals surface area contributed by atoms with E-state index in [2.05, 4.69) is 0 Å². The number of aromatic carboxylic acids is 1. The number of nitrogens with two attached hydrogens (primary N) is 1. The van der Waals surface area contributed by atoms with Gasteiger partial charge in [0.15, 0.2) is 0 Å². The minimum atomic E-state index is -1.16. The molecule has 0 heterocycles. The van der Waals surface area contributed by atoms with Crippen molar-refractivity contribution < 1.29 is 24.2 Å². The van der Waals surface area contributed by atoms with Crippen LogP contribution in [0.3, 0.4) is 0 Å². The molecule has 0 saturated heterocycles. The summed E-state index contributed by atoms with van der Waals surface area (Å²) in [6, 6.07) is 10.7. The minimum absolute atomic E-state index is 0.0633. The molecular formula is C20H17NO5. The van der Waals surface area contributed by atoms with Crippen molar-refractivity contribution in [2.75, 3.05) is 12.3 Å². The van der Waals surface area contributed by atoms with Gasteiger partial charge in [-0.3, -0.25) is 0 Å². The maximum Gasteiger partial charge on any atom is 0.338 e. The SMILES string of the molecule is Nc1ccc(Oc2cc(C(=O)O)cc(C(=O)OCC3=CC=CC3)c2)cc1. The molecule has 0 spiro atoms. The number of allylic oxidation sites excluding steroid dienone is 3. The molecule has 2 aromatic carbocycles. The molecule has 0 atom stereocenters. The van der Waals surface area contributed by atoms with Gasteiger partial charge >= 0.3 is 11.9 Å². The molecule has 0 saturated carbocycles. The lowest BCUT2D eigenvalue weighted by Crippen LogP contribution is -2.09. The van der Waals surface area contributed by atoms with Gasteiger partial charge in [0.05, 0.1) is 11.1 Å².